The molecule has 2 aliphatic heterocycles. The van der Waals surface area contributed by atoms with Crippen LogP contribution in [0.5, 0.6) is 0 Å². The number of hydrogen-bond donors (Lipinski definition) is 0. The molecule has 1 aromatic carbocycles. The average Bonchev–Trinajstić information content (AvgIpc) is 3.18. The number of aryl methyl sites for hydroxylation is 3. The molecule has 0 saturated carbocycles. The molecule has 2 aromatic heterocycles. The van der Waals surface area contributed by atoms with E-state index in [1.807, 2.05) is 38.8 Å². The maximum Gasteiger partial charge on any atom is 0.340 e. The molecule has 0 radical (unpaired) electrons. The standard InChI is InChI=1S/C27H34N2O4/c1-16-15-32-25-18(3)26-21(12-20(16)25)17(2)22(27(31)33-26)13-24(30)28(4)14-19-8-7-11-29-10-6-5-9-23(19)29/h12,15,19,23H,5-11,13-14H2,1-4H3/t19?,23-/m1/s1. The van der Waals surface area contributed by atoms with Gasteiger partial charge in [0.05, 0.1) is 18.2 Å². The molecule has 2 aliphatic rings. The minimum atomic E-state index is -0.427. The van der Waals surface area contributed by atoms with E-state index in [0.29, 0.717) is 23.1 Å². The Bertz CT molecular complexity index is 1270. The van der Waals surface area contributed by atoms with Crippen molar-refractivity contribution in [1.29, 1.82) is 0 Å². The Kier molecular flexibility index (Phi) is 5.81. The highest BCUT2D eigenvalue weighted by Crippen LogP contribution is 2.33. The normalized spacial score (nSPS) is 21.5. The quantitative estimate of drug-likeness (QED) is 0.538. The predicted molar refractivity (Wildman–Crippen MR) is 130 cm³/mol. The summed E-state index contributed by atoms with van der Waals surface area (Å²) in [6, 6.07) is 2.62. The number of fused-ring (bicyclic) bond motifs is 3. The molecular formula is C27H34N2O4. The monoisotopic (exact) mass is 450 g/mol. The number of rotatable bonds is 4. The molecule has 0 bridgehead atoms. The van der Waals surface area contributed by atoms with Crippen molar-refractivity contribution in [2.24, 2.45) is 5.92 Å². The first kappa shape index (κ1) is 22.2. The second-order valence-electron chi connectivity index (χ2n) is 10.1. The summed E-state index contributed by atoms with van der Waals surface area (Å²) in [5, 5.41) is 1.89. The Hall–Kier alpha value is -2.60. The van der Waals surface area contributed by atoms with Crippen molar-refractivity contribution >= 4 is 27.8 Å². The van der Waals surface area contributed by atoms with Crippen LogP contribution in [0.4, 0.5) is 0 Å². The molecule has 176 valence electrons. The lowest BCUT2D eigenvalue weighted by Crippen LogP contribution is -2.51. The molecule has 33 heavy (non-hydrogen) atoms. The molecule has 0 N–H and O–H groups in total. The molecule has 2 atom stereocenters. The van der Waals surface area contributed by atoms with E-state index < -0.39 is 5.63 Å². The number of nitrogens with zero attached hydrogens (tertiary/aromatic N) is 2. The highest BCUT2D eigenvalue weighted by molar-refractivity contribution is 6.00. The van der Waals surface area contributed by atoms with Gasteiger partial charge in [-0.05, 0) is 82.7 Å². The summed E-state index contributed by atoms with van der Waals surface area (Å²) in [5.74, 6) is 0.497. The number of furan rings is 1. The molecule has 6 heteroatoms. The van der Waals surface area contributed by atoms with Gasteiger partial charge in [-0.1, -0.05) is 6.42 Å². The first-order valence-corrected chi connectivity index (χ1v) is 12.3. The third-order valence-electron chi connectivity index (χ3n) is 8.03. The third kappa shape index (κ3) is 3.88. The number of hydrogen-bond acceptors (Lipinski definition) is 5. The van der Waals surface area contributed by atoms with Gasteiger partial charge in [-0.15, -0.1) is 0 Å². The Labute approximate surface area is 194 Å². The molecule has 4 heterocycles. The predicted octanol–water partition coefficient (Wildman–Crippen LogP) is 4.73. The van der Waals surface area contributed by atoms with Crippen molar-refractivity contribution in [3.63, 3.8) is 0 Å². The van der Waals surface area contributed by atoms with E-state index in [4.69, 9.17) is 8.83 Å². The first-order chi connectivity index (χ1) is 15.8. The number of benzene rings is 1. The molecule has 1 amide bonds. The van der Waals surface area contributed by atoms with Crippen LogP contribution in [0.1, 0.15) is 54.4 Å². The summed E-state index contributed by atoms with van der Waals surface area (Å²) in [7, 11) is 1.88. The van der Waals surface area contributed by atoms with Crippen LogP contribution in [-0.2, 0) is 11.2 Å². The van der Waals surface area contributed by atoms with Crippen LogP contribution in [0.3, 0.4) is 0 Å². The van der Waals surface area contributed by atoms with E-state index >= 15 is 0 Å². The topological polar surface area (TPSA) is 66.9 Å². The van der Waals surface area contributed by atoms with Gasteiger partial charge >= 0.3 is 5.63 Å². The summed E-state index contributed by atoms with van der Waals surface area (Å²) < 4.78 is 11.4. The number of piperidine rings is 2. The van der Waals surface area contributed by atoms with Crippen LogP contribution >= 0.6 is 0 Å². The van der Waals surface area contributed by atoms with E-state index in [1.54, 1.807) is 6.26 Å². The van der Waals surface area contributed by atoms with Crippen LogP contribution in [-0.4, -0.2) is 48.4 Å². The van der Waals surface area contributed by atoms with E-state index in [1.165, 1.54) is 45.2 Å². The fourth-order valence-corrected chi connectivity index (χ4v) is 6.05. The van der Waals surface area contributed by atoms with Gasteiger partial charge in [-0.25, -0.2) is 4.79 Å². The van der Waals surface area contributed by atoms with Gasteiger partial charge in [0.15, 0.2) is 0 Å². The van der Waals surface area contributed by atoms with Crippen molar-refractivity contribution in [3.8, 4) is 0 Å². The summed E-state index contributed by atoms with van der Waals surface area (Å²) in [5.41, 5.74) is 4.01. The number of likely N-dealkylation sites (N-methyl/N-ethyl adjacent to an activating group) is 1. The largest absolute Gasteiger partial charge is 0.464 e. The Morgan fingerprint density at radius 3 is 2.67 bits per heavy atom. The molecular weight excluding hydrogens is 416 g/mol. The SMILES string of the molecule is Cc1coc2c(C)c3oc(=O)c(CC(=O)N(C)CC4CCCN5CCCC[C@H]45)c(C)c3cc12. The summed E-state index contributed by atoms with van der Waals surface area (Å²) >= 11 is 0. The summed E-state index contributed by atoms with van der Waals surface area (Å²) in [6.07, 6.45) is 7.99. The highest BCUT2D eigenvalue weighted by atomic mass is 16.4. The number of amides is 1. The molecule has 6 nitrogen and oxygen atoms in total. The van der Waals surface area contributed by atoms with Gasteiger partial charge in [0.25, 0.3) is 0 Å². The average molecular weight is 451 g/mol. The van der Waals surface area contributed by atoms with Crippen LogP contribution in [0.15, 0.2) is 26.0 Å². The fourth-order valence-electron chi connectivity index (χ4n) is 6.05. The van der Waals surface area contributed by atoms with E-state index in [2.05, 4.69) is 4.90 Å². The molecule has 0 spiro atoms. The van der Waals surface area contributed by atoms with Crippen LogP contribution < -0.4 is 5.63 Å². The lowest BCUT2D eigenvalue weighted by Gasteiger charge is -2.45. The number of carbonyl (C=O) groups is 1. The lowest BCUT2D eigenvalue weighted by atomic mass is 9.83. The van der Waals surface area contributed by atoms with E-state index in [0.717, 1.165) is 39.6 Å². The zero-order valence-electron chi connectivity index (χ0n) is 20.2. The van der Waals surface area contributed by atoms with Gasteiger partial charge in [-0.3, -0.25) is 4.79 Å². The van der Waals surface area contributed by atoms with Crippen molar-refractivity contribution < 1.29 is 13.6 Å². The minimum absolute atomic E-state index is 0.0185. The Morgan fingerprint density at radius 2 is 1.85 bits per heavy atom. The van der Waals surface area contributed by atoms with Gasteiger partial charge in [0.2, 0.25) is 5.91 Å². The number of carbonyl (C=O) groups excluding carboxylic acids is 1. The van der Waals surface area contributed by atoms with Crippen molar-refractivity contribution in [3.05, 3.63) is 45.0 Å². The van der Waals surface area contributed by atoms with Gasteiger partial charge in [-0.2, -0.15) is 0 Å². The van der Waals surface area contributed by atoms with Crippen LogP contribution in [0.25, 0.3) is 21.9 Å². The van der Waals surface area contributed by atoms with Crippen molar-refractivity contribution in [2.75, 3.05) is 26.7 Å². The summed E-state index contributed by atoms with van der Waals surface area (Å²) in [6.45, 7) is 8.98. The van der Waals surface area contributed by atoms with Crippen molar-refractivity contribution in [1.82, 2.24) is 9.80 Å². The second kappa shape index (κ2) is 8.64. The van der Waals surface area contributed by atoms with Crippen molar-refractivity contribution in [2.45, 2.75) is 65.3 Å². The maximum absolute atomic E-state index is 13.2. The summed E-state index contributed by atoms with van der Waals surface area (Å²) in [4.78, 5) is 30.6. The van der Waals surface area contributed by atoms with Gasteiger partial charge in [0, 0.05) is 36.0 Å². The molecule has 5 rings (SSSR count). The van der Waals surface area contributed by atoms with E-state index in [9.17, 15) is 9.59 Å². The zero-order chi connectivity index (χ0) is 23.3. The molecule has 3 aromatic rings. The molecule has 2 fully saturated rings. The third-order valence-corrected chi connectivity index (χ3v) is 8.03. The van der Waals surface area contributed by atoms with Crippen LogP contribution in [0.2, 0.25) is 0 Å². The molecule has 2 saturated heterocycles. The zero-order valence-corrected chi connectivity index (χ0v) is 20.2. The Morgan fingerprint density at radius 1 is 1.06 bits per heavy atom. The van der Waals surface area contributed by atoms with E-state index in [-0.39, 0.29) is 12.3 Å². The van der Waals surface area contributed by atoms with Crippen LogP contribution in [0, 0.1) is 26.7 Å². The minimum Gasteiger partial charge on any atom is -0.464 e. The second-order valence-corrected chi connectivity index (χ2v) is 10.1. The first-order valence-electron chi connectivity index (χ1n) is 12.3. The smallest absolute Gasteiger partial charge is 0.340 e. The molecule has 0 aliphatic carbocycles. The maximum atomic E-state index is 13.2. The Balaban J connectivity index is 1.40. The lowest BCUT2D eigenvalue weighted by molar-refractivity contribution is -0.130. The van der Waals surface area contributed by atoms with Gasteiger partial charge < -0.3 is 18.6 Å². The van der Waals surface area contributed by atoms with Gasteiger partial charge in [0.1, 0.15) is 11.2 Å². The fraction of sp³-hybridized carbons (Fsp3) is 0.556. The highest BCUT2D eigenvalue weighted by Gasteiger charge is 2.34. The molecule has 1 unspecified atom stereocenters.